The van der Waals surface area contributed by atoms with Gasteiger partial charge in [0.15, 0.2) is 0 Å². The number of hydrogen-bond donors (Lipinski definition) is 0. The summed E-state index contributed by atoms with van der Waals surface area (Å²) in [7, 11) is 0. The molecule has 0 unspecified atom stereocenters. The highest BCUT2D eigenvalue weighted by Gasteiger charge is 2.76. The molecule has 2 amide bonds. The summed E-state index contributed by atoms with van der Waals surface area (Å²) in [5, 5.41) is 1.12. The Morgan fingerprint density at radius 3 is 2.05 bits per heavy atom. The molecular formula is C13H13Cl4NO3. The minimum atomic E-state index is -1.21. The molecule has 3 aliphatic rings. The Morgan fingerprint density at radius 1 is 1.14 bits per heavy atom. The number of amides is 2. The molecule has 1 heterocycles. The van der Waals surface area contributed by atoms with Crippen LogP contribution in [0.5, 0.6) is 0 Å². The zero-order chi connectivity index (χ0) is 15.6. The molecule has 0 aromatic rings. The Bertz CT molecular complexity index is 524. The maximum absolute atomic E-state index is 12.5. The van der Waals surface area contributed by atoms with Gasteiger partial charge < -0.3 is 0 Å². The summed E-state index contributed by atoms with van der Waals surface area (Å²) in [6, 6.07) is 0. The van der Waals surface area contributed by atoms with Crippen molar-refractivity contribution >= 4 is 58.2 Å². The lowest BCUT2D eigenvalue weighted by Crippen LogP contribution is -2.38. The fraction of sp³-hybridized carbons (Fsp3) is 0.692. The fourth-order valence-corrected chi connectivity index (χ4v) is 5.30. The maximum atomic E-state index is 12.5. The summed E-state index contributed by atoms with van der Waals surface area (Å²) in [5.74, 6) is -2.61. The molecule has 1 saturated heterocycles. The van der Waals surface area contributed by atoms with Gasteiger partial charge in [-0.05, 0) is 12.8 Å². The van der Waals surface area contributed by atoms with E-state index in [1.54, 1.807) is 0 Å². The van der Waals surface area contributed by atoms with E-state index in [1.165, 1.54) is 0 Å². The molecule has 2 bridgehead atoms. The lowest BCUT2D eigenvalue weighted by atomic mass is 9.84. The minimum absolute atomic E-state index is 0.165. The first-order valence-electron chi connectivity index (χ1n) is 6.73. The van der Waals surface area contributed by atoms with Gasteiger partial charge in [0.2, 0.25) is 0 Å². The fourth-order valence-electron chi connectivity index (χ4n) is 3.38. The first-order valence-corrected chi connectivity index (χ1v) is 8.25. The SMILES string of the molecule is CCCCON1C(=O)[C@@H]2[C@H](C1=O)[C@@]1(Cl)C[C@@]2(Cl)C(Cl)=C1Cl. The topological polar surface area (TPSA) is 46.6 Å². The third-order valence-electron chi connectivity index (χ3n) is 4.41. The second-order valence-corrected chi connectivity index (χ2v) is 7.75. The van der Waals surface area contributed by atoms with E-state index in [9.17, 15) is 9.59 Å². The van der Waals surface area contributed by atoms with Crippen molar-refractivity contribution in [2.75, 3.05) is 6.61 Å². The quantitative estimate of drug-likeness (QED) is 0.431. The van der Waals surface area contributed by atoms with Crippen LogP contribution >= 0.6 is 46.4 Å². The number of rotatable bonds is 4. The molecule has 116 valence electrons. The van der Waals surface area contributed by atoms with Crippen LogP contribution in [-0.4, -0.2) is 33.2 Å². The van der Waals surface area contributed by atoms with Crippen molar-refractivity contribution in [2.24, 2.45) is 11.8 Å². The number of alkyl halides is 2. The van der Waals surface area contributed by atoms with Gasteiger partial charge in [-0.25, -0.2) is 0 Å². The monoisotopic (exact) mass is 371 g/mol. The molecule has 4 atom stereocenters. The lowest BCUT2D eigenvalue weighted by molar-refractivity contribution is -0.190. The molecule has 0 N–H and O–H groups in total. The predicted octanol–water partition coefficient (Wildman–Crippen LogP) is 3.38. The number of nitrogens with zero attached hydrogens (tertiary/aromatic N) is 1. The molecule has 2 aliphatic carbocycles. The van der Waals surface area contributed by atoms with Crippen molar-refractivity contribution in [1.29, 1.82) is 0 Å². The van der Waals surface area contributed by atoms with Gasteiger partial charge >= 0.3 is 0 Å². The van der Waals surface area contributed by atoms with E-state index in [2.05, 4.69) is 0 Å². The van der Waals surface area contributed by atoms with Gasteiger partial charge in [-0.2, -0.15) is 5.06 Å². The van der Waals surface area contributed by atoms with Gasteiger partial charge in [-0.15, -0.1) is 23.2 Å². The molecule has 1 saturated carbocycles. The largest absolute Gasteiger partial charge is 0.272 e. The number of unbranched alkanes of at least 4 members (excludes halogenated alkanes) is 1. The van der Waals surface area contributed by atoms with E-state index >= 15 is 0 Å². The van der Waals surface area contributed by atoms with Gasteiger partial charge in [0, 0.05) is 0 Å². The van der Waals surface area contributed by atoms with Crippen LogP contribution in [0.3, 0.4) is 0 Å². The molecule has 0 radical (unpaired) electrons. The molecule has 0 aromatic carbocycles. The Balaban J connectivity index is 1.94. The van der Waals surface area contributed by atoms with E-state index in [1.807, 2.05) is 6.92 Å². The first kappa shape index (κ1) is 15.9. The molecule has 4 nitrogen and oxygen atoms in total. The molecule has 0 aromatic heterocycles. The van der Waals surface area contributed by atoms with Crippen molar-refractivity contribution in [1.82, 2.24) is 5.06 Å². The standard InChI is InChI=1S/C13H13Cl4NO3/c1-2-3-4-21-18-10(19)6-7(11(18)20)13(17)5-12(6,16)8(14)9(13)15/h6-7H,2-5H2,1H3/t6-,7+,12-,13-/m0/s1. The van der Waals surface area contributed by atoms with Crippen LogP contribution in [-0.2, 0) is 14.4 Å². The van der Waals surface area contributed by atoms with Crippen LogP contribution in [0.1, 0.15) is 26.2 Å². The summed E-state index contributed by atoms with van der Waals surface area (Å²) in [6.07, 6.45) is 1.81. The van der Waals surface area contributed by atoms with Gasteiger partial charge in [-0.3, -0.25) is 14.4 Å². The van der Waals surface area contributed by atoms with Crippen LogP contribution in [0.2, 0.25) is 0 Å². The average molecular weight is 373 g/mol. The second kappa shape index (κ2) is 5.00. The van der Waals surface area contributed by atoms with Crippen molar-refractivity contribution in [3.05, 3.63) is 10.1 Å². The van der Waals surface area contributed by atoms with Crippen LogP contribution in [0.25, 0.3) is 0 Å². The Hall–Kier alpha value is -0.000000000000000167. The van der Waals surface area contributed by atoms with Crippen molar-refractivity contribution < 1.29 is 14.4 Å². The number of halogens is 4. The lowest BCUT2D eigenvalue weighted by Gasteiger charge is -2.28. The van der Waals surface area contributed by atoms with E-state index in [0.717, 1.165) is 17.9 Å². The smallest absolute Gasteiger partial charge is 0.259 e. The highest BCUT2D eigenvalue weighted by atomic mass is 35.5. The highest BCUT2D eigenvalue weighted by Crippen LogP contribution is 2.69. The van der Waals surface area contributed by atoms with Crippen LogP contribution in [0, 0.1) is 11.8 Å². The number of carbonyl (C=O) groups excluding carboxylic acids is 2. The summed E-state index contributed by atoms with van der Waals surface area (Å²) < 4.78 is 0. The summed E-state index contributed by atoms with van der Waals surface area (Å²) in [6.45, 7) is 2.27. The maximum Gasteiger partial charge on any atom is 0.259 e. The van der Waals surface area contributed by atoms with E-state index in [-0.39, 0.29) is 23.1 Å². The van der Waals surface area contributed by atoms with Crippen LogP contribution in [0.4, 0.5) is 0 Å². The first-order chi connectivity index (χ1) is 9.79. The summed E-state index contributed by atoms with van der Waals surface area (Å²) >= 11 is 25.3. The zero-order valence-corrected chi connectivity index (χ0v) is 14.2. The van der Waals surface area contributed by atoms with Crippen molar-refractivity contribution in [3.8, 4) is 0 Å². The molecule has 2 fully saturated rings. The second-order valence-electron chi connectivity index (χ2n) is 5.64. The van der Waals surface area contributed by atoms with Crippen molar-refractivity contribution in [2.45, 2.75) is 35.9 Å². The molecule has 3 rings (SSSR count). The summed E-state index contributed by atoms with van der Waals surface area (Å²) in [5.41, 5.74) is 0. The third kappa shape index (κ3) is 1.86. The Morgan fingerprint density at radius 2 is 1.62 bits per heavy atom. The number of hydroxylamine groups is 2. The average Bonchev–Trinajstić information content (AvgIpc) is 2.90. The number of imide groups is 1. The molecule has 1 aliphatic heterocycles. The third-order valence-corrected chi connectivity index (χ3v) is 6.87. The summed E-state index contributed by atoms with van der Waals surface area (Å²) in [4.78, 5) is 27.9. The predicted molar refractivity (Wildman–Crippen MR) is 80.2 cm³/mol. The van der Waals surface area contributed by atoms with Gasteiger partial charge in [-0.1, -0.05) is 36.5 Å². The number of hydrogen-bond acceptors (Lipinski definition) is 3. The van der Waals surface area contributed by atoms with Gasteiger partial charge in [0.25, 0.3) is 11.8 Å². The molecule has 0 spiro atoms. The molecule has 8 heteroatoms. The normalized spacial score (nSPS) is 41.5. The Labute approximate surface area is 142 Å². The number of allylic oxidation sites excluding steroid dienone is 2. The van der Waals surface area contributed by atoms with Crippen LogP contribution < -0.4 is 0 Å². The van der Waals surface area contributed by atoms with Crippen molar-refractivity contribution in [3.63, 3.8) is 0 Å². The van der Waals surface area contributed by atoms with Crippen LogP contribution in [0.15, 0.2) is 10.1 Å². The van der Waals surface area contributed by atoms with Gasteiger partial charge in [0.1, 0.15) is 0 Å². The van der Waals surface area contributed by atoms with E-state index in [0.29, 0.717) is 0 Å². The minimum Gasteiger partial charge on any atom is -0.272 e. The number of carbonyl (C=O) groups is 2. The Kier molecular flexibility index (Phi) is 3.78. The van der Waals surface area contributed by atoms with Gasteiger partial charge in [0.05, 0.1) is 38.3 Å². The van der Waals surface area contributed by atoms with E-state index in [4.69, 9.17) is 51.2 Å². The molecule has 21 heavy (non-hydrogen) atoms. The van der Waals surface area contributed by atoms with E-state index < -0.39 is 33.4 Å². The molecular weight excluding hydrogens is 360 g/mol. The highest BCUT2D eigenvalue weighted by molar-refractivity contribution is 6.52. The zero-order valence-electron chi connectivity index (χ0n) is 11.2. The number of fused-ring (bicyclic) bond motifs is 5.